The Morgan fingerprint density at radius 3 is 2.89 bits per heavy atom. The topological polar surface area (TPSA) is 40.5 Å². The number of aliphatic hydroxyl groups is 1. The summed E-state index contributed by atoms with van der Waals surface area (Å²) in [5, 5.41) is 9.51. The number of hydrogen-bond acceptors (Lipinski definition) is 2. The van der Waals surface area contributed by atoms with Crippen LogP contribution in [0, 0.1) is 18.7 Å². The smallest absolute Gasteiger partial charge is 0.256 e. The molecule has 1 amide bonds. The summed E-state index contributed by atoms with van der Waals surface area (Å²) in [5.74, 6) is -0.660. The molecule has 1 N–H and O–H groups in total. The fourth-order valence-corrected chi connectivity index (χ4v) is 2.34. The van der Waals surface area contributed by atoms with E-state index in [1.54, 1.807) is 24.0 Å². The summed E-state index contributed by atoms with van der Waals surface area (Å²) in [6.07, 6.45) is 0.349. The van der Waals surface area contributed by atoms with Gasteiger partial charge in [0.15, 0.2) is 0 Å². The molecule has 0 aromatic heterocycles. The van der Waals surface area contributed by atoms with E-state index in [4.69, 9.17) is 0 Å². The van der Waals surface area contributed by atoms with Gasteiger partial charge in [-0.1, -0.05) is 11.6 Å². The SMILES string of the molecule is Cc1ccc(F)c(C(=O)N2CCC(C(C)O)C2)c1. The Morgan fingerprint density at radius 2 is 2.28 bits per heavy atom. The summed E-state index contributed by atoms with van der Waals surface area (Å²) >= 11 is 0. The Bertz CT molecular complexity index is 459. The van der Waals surface area contributed by atoms with E-state index in [1.807, 2.05) is 6.92 Å². The maximum Gasteiger partial charge on any atom is 0.256 e. The minimum absolute atomic E-state index is 0.0989. The molecule has 0 aliphatic carbocycles. The van der Waals surface area contributed by atoms with E-state index in [0.29, 0.717) is 13.1 Å². The van der Waals surface area contributed by atoms with E-state index < -0.39 is 11.9 Å². The molecule has 1 aromatic carbocycles. The van der Waals surface area contributed by atoms with Crippen LogP contribution in [0.1, 0.15) is 29.3 Å². The van der Waals surface area contributed by atoms with Crippen molar-refractivity contribution in [1.82, 2.24) is 4.90 Å². The average Bonchev–Trinajstić information content (AvgIpc) is 2.81. The molecule has 18 heavy (non-hydrogen) atoms. The van der Waals surface area contributed by atoms with Crippen LogP contribution in [0.2, 0.25) is 0 Å². The van der Waals surface area contributed by atoms with Crippen molar-refractivity contribution < 1.29 is 14.3 Å². The van der Waals surface area contributed by atoms with Gasteiger partial charge in [0, 0.05) is 19.0 Å². The molecule has 2 atom stereocenters. The highest BCUT2D eigenvalue weighted by molar-refractivity contribution is 5.94. The first-order chi connectivity index (χ1) is 8.49. The normalized spacial score (nSPS) is 21.1. The number of halogens is 1. The van der Waals surface area contributed by atoms with Gasteiger partial charge in [0.2, 0.25) is 0 Å². The second-order valence-electron chi connectivity index (χ2n) is 5.02. The molecule has 1 heterocycles. The van der Waals surface area contributed by atoms with E-state index in [9.17, 15) is 14.3 Å². The van der Waals surface area contributed by atoms with Crippen molar-refractivity contribution in [1.29, 1.82) is 0 Å². The number of hydrogen-bond donors (Lipinski definition) is 1. The van der Waals surface area contributed by atoms with Crippen molar-refractivity contribution in [3.8, 4) is 0 Å². The third-order valence-electron chi connectivity index (χ3n) is 3.55. The maximum absolute atomic E-state index is 13.6. The Morgan fingerprint density at radius 1 is 1.56 bits per heavy atom. The van der Waals surface area contributed by atoms with Crippen LogP contribution in [0.4, 0.5) is 4.39 Å². The molecular formula is C14H18FNO2. The summed E-state index contributed by atoms with van der Waals surface area (Å²) in [7, 11) is 0. The third-order valence-corrected chi connectivity index (χ3v) is 3.55. The highest BCUT2D eigenvalue weighted by atomic mass is 19.1. The molecule has 0 bridgehead atoms. The molecule has 0 radical (unpaired) electrons. The Balaban J connectivity index is 2.15. The molecule has 4 heteroatoms. The molecule has 0 saturated carbocycles. The molecule has 2 rings (SSSR count). The molecule has 2 unspecified atom stereocenters. The van der Waals surface area contributed by atoms with Crippen LogP contribution in [0.25, 0.3) is 0 Å². The quantitative estimate of drug-likeness (QED) is 0.873. The van der Waals surface area contributed by atoms with E-state index in [1.165, 1.54) is 6.07 Å². The molecule has 1 saturated heterocycles. The fraction of sp³-hybridized carbons (Fsp3) is 0.500. The lowest BCUT2D eigenvalue weighted by Gasteiger charge is -2.18. The first-order valence-corrected chi connectivity index (χ1v) is 6.22. The Labute approximate surface area is 106 Å². The fourth-order valence-electron chi connectivity index (χ4n) is 2.34. The minimum atomic E-state index is -0.480. The van der Waals surface area contributed by atoms with Crippen molar-refractivity contribution >= 4 is 5.91 Å². The number of aryl methyl sites for hydroxylation is 1. The molecule has 3 nitrogen and oxygen atoms in total. The van der Waals surface area contributed by atoms with E-state index in [2.05, 4.69) is 0 Å². The van der Waals surface area contributed by atoms with E-state index in [0.717, 1.165) is 12.0 Å². The van der Waals surface area contributed by atoms with Gasteiger partial charge in [-0.15, -0.1) is 0 Å². The lowest BCUT2D eigenvalue weighted by atomic mass is 10.0. The van der Waals surface area contributed by atoms with Crippen LogP contribution in [0.15, 0.2) is 18.2 Å². The van der Waals surface area contributed by atoms with Crippen LogP contribution in [-0.4, -0.2) is 35.1 Å². The third kappa shape index (κ3) is 2.53. The number of rotatable bonds is 2. The summed E-state index contributed by atoms with van der Waals surface area (Å²) < 4.78 is 13.6. The second kappa shape index (κ2) is 5.06. The number of aliphatic hydroxyl groups excluding tert-OH is 1. The zero-order valence-corrected chi connectivity index (χ0v) is 10.7. The second-order valence-corrected chi connectivity index (χ2v) is 5.02. The lowest BCUT2D eigenvalue weighted by molar-refractivity contribution is 0.0758. The monoisotopic (exact) mass is 251 g/mol. The summed E-state index contributed by atoms with van der Waals surface area (Å²) in [6, 6.07) is 4.55. The molecular weight excluding hydrogens is 233 g/mol. The van der Waals surface area contributed by atoms with Gasteiger partial charge in [0.25, 0.3) is 5.91 Å². The number of carbonyl (C=O) groups excluding carboxylic acids is 1. The van der Waals surface area contributed by atoms with Crippen LogP contribution < -0.4 is 0 Å². The first kappa shape index (κ1) is 13.0. The van der Waals surface area contributed by atoms with Crippen LogP contribution in [-0.2, 0) is 0 Å². The van der Waals surface area contributed by atoms with Gasteiger partial charge in [0.05, 0.1) is 11.7 Å². The lowest BCUT2D eigenvalue weighted by Crippen LogP contribution is -2.31. The highest BCUT2D eigenvalue weighted by Crippen LogP contribution is 2.22. The van der Waals surface area contributed by atoms with Crippen molar-refractivity contribution in [3.05, 3.63) is 35.1 Å². The first-order valence-electron chi connectivity index (χ1n) is 6.22. The van der Waals surface area contributed by atoms with Gasteiger partial charge < -0.3 is 10.0 Å². The highest BCUT2D eigenvalue weighted by Gasteiger charge is 2.30. The number of benzene rings is 1. The predicted octanol–water partition coefficient (Wildman–Crippen LogP) is 1.98. The van der Waals surface area contributed by atoms with Gasteiger partial charge in [-0.2, -0.15) is 0 Å². The van der Waals surface area contributed by atoms with Gasteiger partial charge in [-0.05, 0) is 32.4 Å². The number of nitrogens with zero attached hydrogens (tertiary/aromatic N) is 1. The van der Waals surface area contributed by atoms with Gasteiger partial charge >= 0.3 is 0 Å². The van der Waals surface area contributed by atoms with Gasteiger partial charge in [-0.25, -0.2) is 4.39 Å². The van der Waals surface area contributed by atoms with Gasteiger partial charge in [0.1, 0.15) is 5.82 Å². The molecule has 1 fully saturated rings. The van der Waals surface area contributed by atoms with Crippen molar-refractivity contribution in [2.24, 2.45) is 5.92 Å². The number of amides is 1. The largest absolute Gasteiger partial charge is 0.393 e. The van der Waals surface area contributed by atoms with Crippen LogP contribution >= 0.6 is 0 Å². The molecule has 0 spiro atoms. The predicted molar refractivity (Wildman–Crippen MR) is 66.8 cm³/mol. The summed E-state index contributed by atoms with van der Waals surface area (Å²) in [4.78, 5) is 13.8. The Kier molecular flexibility index (Phi) is 3.66. The van der Waals surface area contributed by atoms with Crippen molar-refractivity contribution in [3.63, 3.8) is 0 Å². The molecule has 1 aliphatic rings. The summed E-state index contributed by atoms with van der Waals surface area (Å²) in [5.41, 5.74) is 0.993. The minimum Gasteiger partial charge on any atom is -0.393 e. The van der Waals surface area contributed by atoms with Crippen LogP contribution in [0.5, 0.6) is 0 Å². The van der Waals surface area contributed by atoms with Gasteiger partial charge in [-0.3, -0.25) is 4.79 Å². The zero-order valence-electron chi connectivity index (χ0n) is 10.7. The molecule has 1 aromatic rings. The van der Waals surface area contributed by atoms with Crippen molar-refractivity contribution in [2.45, 2.75) is 26.4 Å². The number of carbonyl (C=O) groups is 1. The molecule has 1 aliphatic heterocycles. The van der Waals surface area contributed by atoms with Crippen molar-refractivity contribution in [2.75, 3.05) is 13.1 Å². The van der Waals surface area contributed by atoms with Crippen LogP contribution in [0.3, 0.4) is 0 Å². The standard InChI is InChI=1S/C14H18FNO2/c1-9-3-4-13(15)12(7-9)14(18)16-6-5-11(8-16)10(2)17/h3-4,7,10-11,17H,5-6,8H2,1-2H3. The van der Waals surface area contributed by atoms with E-state index in [-0.39, 0.29) is 17.4 Å². The van der Waals surface area contributed by atoms with E-state index >= 15 is 0 Å². The molecule has 98 valence electrons. The zero-order chi connectivity index (χ0) is 13.3. The summed E-state index contributed by atoms with van der Waals surface area (Å²) in [6.45, 7) is 4.65. The Hall–Kier alpha value is -1.42. The maximum atomic E-state index is 13.6. The average molecular weight is 251 g/mol. The number of likely N-dealkylation sites (tertiary alicyclic amines) is 1.